The molecule has 0 aliphatic heterocycles. The molecule has 2 atom stereocenters. The summed E-state index contributed by atoms with van der Waals surface area (Å²) in [6.07, 6.45) is 7.61. The molecule has 88 valence electrons. The van der Waals surface area contributed by atoms with E-state index in [4.69, 9.17) is 4.74 Å². The van der Waals surface area contributed by atoms with Crippen LogP contribution in [0.3, 0.4) is 0 Å². The standard InChI is InChI=1S/C13H24O2/c1-5-6-7-8-9-11(2)10-12(3)13(14)15-4/h5,11-12H,1,6-10H2,2-4H3/t11-,12-/m1/s1. The molecule has 0 heterocycles. The van der Waals surface area contributed by atoms with Crippen molar-refractivity contribution in [2.24, 2.45) is 11.8 Å². The maximum atomic E-state index is 11.2. The highest BCUT2D eigenvalue weighted by Crippen LogP contribution is 2.19. The normalized spacial score (nSPS) is 14.3. The maximum absolute atomic E-state index is 11.2. The van der Waals surface area contributed by atoms with Gasteiger partial charge in [-0.2, -0.15) is 0 Å². The molecule has 0 aliphatic rings. The minimum Gasteiger partial charge on any atom is -0.469 e. The number of rotatable bonds is 8. The highest BCUT2D eigenvalue weighted by Gasteiger charge is 2.16. The number of allylic oxidation sites excluding steroid dienone is 1. The Morgan fingerprint density at radius 3 is 2.60 bits per heavy atom. The summed E-state index contributed by atoms with van der Waals surface area (Å²) in [6.45, 7) is 7.84. The van der Waals surface area contributed by atoms with Crippen molar-refractivity contribution < 1.29 is 9.53 Å². The number of methoxy groups -OCH3 is 1. The van der Waals surface area contributed by atoms with E-state index < -0.39 is 0 Å². The second kappa shape index (κ2) is 8.51. The summed E-state index contributed by atoms with van der Waals surface area (Å²) in [7, 11) is 1.45. The highest BCUT2D eigenvalue weighted by atomic mass is 16.5. The number of carbonyl (C=O) groups is 1. The van der Waals surface area contributed by atoms with Gasteiger partial charge in [-0.05, 0) is 25.2 Å². The van der Waals surface area contributed by atoms with E-state index in [1.165, 1.54) is 26.4 Å². The summed E-state index contributed by atoms with van der Waals surface area (Å²) in [6, 6.07) is 0. The SMILES string of the molecule is C=CCCCC[C@@H](C)C[C@@H](C)C(=O)OC. The lowest BCUT2D eigenvalue weighted by Crippen LogP contribution is -2.15. The van der Waals surface area contributed by atoms with Crippen molar-refractivity contribution in [1.29, 1.82) is 0 Å². The minimum atomic E-state index is -0.0899. The fourth-order valence-electron chi connectivity index (χ4n) is 1.80. The lowest BCUT2D eigenvalue weighted by molar-refractivity contribution is -0.145. The molecule has 0 aromatic heterocycles. The van der Waals surface area contributed by atoms with E-state index in [1.54, 1.807) is 0 Å². The molecule has 0 spiro atoms. The maximum Gasteiger partial charge on any atom is 0.308 e. The smallest absolute Gasteiger partial charge is 0.308 e. The number of esters is 1. The van der Waals surface area contributed by atoms with Crippen LogP contribution in [0.25, 0.3) is 0 Å². The molecule has 0 amide bonds. The highest BCUT2D eigenvalue weighted by molar-refractivity contribution is 5.71. The first-order valence-corrected chi connectivity index (χ1v) is 5.80. The van der Waals surface area contributed by atoms with Gasteiger partial charge in [-0.15, -0.1) is 6.58 Å². The second-order valence-electron chi connectivity index (χ2n) is 4.34. The Bertz CT molecular complexity index is 187. The molecular formula is C13H24O2. The number of ether oxygens (including phenoxy) is 1. The zero-order chi connectivity index (χ0) is 11.7. The molecule has 0 fully saturated rings. The number of unbranched alkanes of at least 4 members (excludes halogenated alkanes) is 2. The monoisotopic (exact) mass is 212 g/mol. The van der Waals surface area contributed by atoms with Crippen molar-refractivity contribution in [2.75, 3.05) is 7.11 Å². The minimum absolute atomic E-state index is 0.0319. The number of hydrogen-bond acceptors (Lipinski definition) is 2. The summed E-state index contributed by atoms with van der Waals surface area (Å²) in [5.41, 5.74) is 0. The van der Waals surface area contributed by atoms with Crippen LogP contribution in [0.2, 0.25) is 0 Å². The lowest BCUT2D eigenvalue weighted by Gasteiger charge is -2.15. The Balaban J connectivity index is 3.59. The van der Waals surface area contributed by atoms with Gasteiger partial charge in [0.1, 0.15) is 0 Å². The lowest BCUT2D eigenvalue weighted by atomic mass is 9.93. The molecular weight excluding hydrogens is 188 g/mol. The van der Waals surface area contributed by atoms with Crippen molar-refractivity contribution in [3.63, 3.8) is 0 Å². The Hall–Kier alpha value is -0.790. The fourth-order valence-corrected chi connectivity index (χ4v) is 1.80. The van der Waals surface area contributed by atoms with Crippen molar-refractivity contribution in [2.45, 2.75) is 46.0 Å². The predicted octanol–water partition coefficient (Wildman–Crippen LogP) is 3.57. The fraction of sp³-hybridized carbons (Fsp3) is 0.769. The van der Waals surface area contributed by atoms with Crippen LogP contribution in [0.4, 0.5) is 0 Å². The molecule has 0 saturated carbocycles. The average Bonchev–Trinajstić information content (AvgIpc) is 2.23. The third kappa shape index (κ3) is 7.18. The van der Waals surface area contributed by atoms with Gasteiger partial charge in [-0.3, -0.25) is 4.79 Å². The molecule has 0 bridgehead atoms. The molecule has 0 aromatic rings. The predicted molar refractivity (Wildman–Crippen MR) is 63.6 cm³/mol. The van der Waals surface area contributed by atoms with Crippen molar-refractivity contribution >= 4 is 5.97 Å². The van der Waals surface area contributed by atoms with Crippen LogP contribution in [-0.2, 0) is 9.53 Å². The summed E-state index contributed by atoms with van der Waals surface area (Å²) < 4.78 is 4.70. The van der Waals surface area contributed by atoms with E-state index >= 15 is 0 Å². The van der Waals surface area contributed by atoms with E-state index in [0.29, 0.717) is 5.92 Å². The van der Waals surface area contributed by atoms with Gasteiger partial charge >= 0.3 is 5.97 Å². The van der Waals surface area contributed by atoms with Crippen molar-refractivity contribution in [1.82, 2.24) is 0 Å². The average molecular weight is 212 g/mol. The Labute approximate surface area is 93.7 Å². The summed E-state index contributed by atoms with van der Waals surface area (Å²) in [4.78, 5) is 11.2. The first kappa shape index (κ1) is 14.2. The van der Waals surface area contributed by atoms with Crippen LogP contribution < -0.4 is 0 Å². The van der Waals surface area contributed by atoms with E-state index in [2.05, 4.69) is 13.5 Å². The zero-order valence-electron chi connectivity index (χ0n) is 10.3. The third-order valence-electron chi connectivity index (χ3n) is 2.71. The molecule has 0 rings (SSSR count). The molecule has 0 aromatic carbocycles. The Kier molecular flexibility index (Phi) is 8.06. The topological polar surface area (TPSA) is 26.3 Å². The van der Waals surface area contributed by atoms with Gasteiger partial charge in [-0.1, -0.05) is 32.8 Å². The molecule has 15 heavy (non-hydrogen) atoms. The molecule has 0 saturated heterocycles. The van der Waals surface area contributed by atoms with Crippen molar-refractivity contribution in [3.05, 3.63) is 12.7 Å². The Morgan fingerprint density at radius 1 is 1.40 bits per heavy atom. The molecule has 2 heteroatoms. The summed E-state index contributed by atoms with van der Waals surface area (Å²) >= 11 is 0. The van der Waals surface area contributed by atoms with Crippen LogP contribution in [0, 0.1) is 11.8 Å². The van der Waals surface area contributed by atoms with Gasteiger partial charge in [0.15, 0.2) is 0 Å². The van der Waals surface area contributed by atoms with Crippen LogP contribution in [0.5, 0.6) is 0 Å². The first-order valence-electron chi connectivity index (χ1n) is 5.80. The molecule has 0 aliphatic carbocycles. The van der Waals surface area contributed by atoms with Gasteiger partial charge in [0.25, 0.3) is 0 Å². The molecule has 0 unspecified atom stereocenters. The first-order chi connectivity index (χ1) is 7.11. The summed E-state index contributed by atoms with van der Waals surface area (Å²) in [5, 5.41) is 0. The van der Waals surface area contributed by atoms with Gasteiger partial charge in [-0.25, -0.2) is 0 Å². The van der Waals surface area contributed by atoms with Gasteiger partial charge < -0.3 is 4.74 Å². The third-order valence-corrected chi connectivity index (χ3v) is 2.71. The molecule has 0 N–H and O–H groups in total. The van der Waals surface area contributed by atoms with E-state index in [0.717, 1.165) is 12.8 Å². The van der Waals surface area contributed by atoms with E-state index in [9.17, 15) is 4.79 Å². The molecule has 0 radical (unpaired) electrons. The second-order valence-corrected chi connectivity index (χ2v) is 4.34. The number of carbonyl (C=O) groups excluding carboxylic acids is 1. The van der Waals surface area contributed by atoms with Gasteiger partial charge in [0.05, 0.1) is 13.0 Å². The van der Waals surface area contributed by atoms with Crippen LogP contribution in [-0.4, -0.2) is 13.1 Å². The van der Waals surface area contributed by atoms with Crippen LogP contribution in [0.1, 0.15) is 46.0 Å². The van der Waals surface area contributed by atoms with Gasteiger partial charge in [0, 0.05) is 0 Å². The zero-order valence-corrected chi connectivity index (χ0v) is 10.3. The molecule has 2 nitrogen and oxygen atoms in total. The van der Waals surface area contributed by atoms with Crippen molar-refractivity contribution in [3.8, 4) is 0 Å². The summed E-state index contributed by atoms with van der Waals surface area (Å²) in [5.74, 6) is 0.543. The quantitative estimate of drug-likeness (QED) is 0.349. The Morgan fingerprint density at radius 2 is 2.07 bits per heavy atom. The van der Waals surface area contributed by atoms with E-state index in [-0.39, 0.29) is 11.9 Å². The largest absolute Gasteiger partial charge is 0.469 e. The van der Waals surface area contributed by atoms with Crippen LogP contribution >= 0.6 is 0 Å². The number of hydrogen-bond donors (Lipinski definition) is 0. The van der Waals surface area contributed by atoms with E-state index in [1.807, 2.05) is 13.0 Å². The van der Waals surface area contributed by atoms with Crippen LogP contribution in [0.15, 0.2) is 12.7 Å². The van der Waals surface area contributed by atoms with Gasteiger partial charge in [0.2, 0.25) is 0 Å².